The summed E-state index contributed by atoms with van der Waals surface area (Å²) >= 11 is 11.9. The van der Waals surface area contributed by atoms with Crippen LogP contribution in [0.3, 0.4) is 0 Å². The summed E-state index contributed by atoms with van der Waals surface area (Å²) in [6, 6.07) is 5.91. The number of nitrogens with zero attached hydrogens (tertiary/aromatic N) is 1. The van der Waals surface area contributed by atoms with Crippen LogP contribution in [0.5, 0.6) is 0 Å². The number of nitrogens with one attached hydrogen (secondary N) is 1. The molecule has 0 bridgehead atoms. The van der Waals surface area contributed by atoms with Crippen LogP contribution in [-0.2, 0) is 11.2 Å². The van der Waals surface area contributed by atoms with Gasteiger partial charge in [0.05, 0.1) is 10.0 Å². The maximum Gasteiger partial charge on any atom is 0.317 e. The van der Waals surface area contributed by atoms with Gasteiger partial charge in [0.2, 0.25) is 0 Å². The highest BCUT2D eigenvalue weighted by Crippen LogP contribution is 2.23. The Kier molecular flexibility index (Phi) is 6.80. The van der Waals surface area contributed by atoms with Gasteiger partial charge in [-0.3, -0.25) is 0 Å². The molecule has 0 spiro atoms. The molecule has 1 N–H and O–H groups in total. The minimum Gasteiger partial charge on any atom is -0.381 e. The third kappa shape index (κ3) is 5.04. The number of rotatable bonds is 5. The lowest BCUT2D eigenvalue weighted by molar-refractivity contribution is 0.0526. The zero-order chi connectivity index (χ0) is 15.9. The molecule has 122 valence electrons. The summed E-state index contributed by atoms with van der Waals surface area (Å²) in [7, 11) is 1.85. The summed E-state index contributed by atoms with van der Waals surface area (Å²) in [5, 5.41) is 4.10. The van der Waals surface area contributed by atoms with Crippen LogP contribution in [0.1, 0.15) is 24.8 Å². The molecule has 1 aromatic carbocycles. The fourth-order valence-corrected chi connectivity index (χ4v) is 2.87. The van der Waals surface area contributed by atoms with E-state index in [0.29, 0.717) is 16.6 Å². The molecule has 1 aromatic rings. The smallest absolute Gasteiger partial charge is 0.317 e. The maximum absolute atomic E-state index is 12.1. The number of carbonyl (C=O) groups excluding carboxylic acids is 1. The Morgan fingerprint density at radius 3 is 2.73 bits per heavy atom. The van der Waals surface area contributed by atoms with Crippen LogP contribution < -0.4 is 5.32 Å². The molecule has 1 aliphatic heterocycles. The second-order valence-corrected chi connectivity index (χ2v) is 6.35. The van der Waals surface area contributed by atoms with Gasteiger partial charge in [-0.05, 0) is 43.4 Å². The normalized spacial score (nSPS) is 15.6. The average Bonchev–Trinajstić information content (AvgIpc) is 2.54. The minimum atomic E-state index is -0.0129. The van der Waals surface area contributed by atoms with E-state index in [-0.39, 0.29) is 12.1 Å². The number of benzene rings is 1. The first-order valence-electron chi connectivity index (χ1n) is 7.60. The summed E-state index contributed by atoms with van der Waals surface area (Å²) in [5.41, 5.74) is 1.13. The first-order valence-corrected chi connectivity index (χ1v) is 8.36. The molecule has 0 atom stereocenters. The van der Waals surface area contributed by atoms with Gasteiger partial charge in [0.1, 0.15) is 0 Å². The van der Waals surface area contributed by atoms with E-state index in [2.05, 4.69) is 5.32 Å². The molecule has 1 saturated heterocycles. The van der Waals surface area contributed by atoms with Crippen LogP contribution in [-0.4, -0.2) is 43.8 Å². The molecule has 22 heavy (non-hydrogen) atoms. The van der Waals surface area contributed by atoms with E-state index < -0.39 is 0 Å². The standard InChI is InChI=1S/C16H22Cl2N2O2/c1-20(13-6-9-22-10-7-13)16(21)19-8-2-3-12-4-5-14(17)15(18)11-12/h4-5,11,13H,2-3,6-10H2,1H3,(H,19,21). The van der Waals surface area contributed by atoms with Crippen molar-refractivity contribution in [1.82, 2.24) is 10.2 Å². The van der Waals surface area contributed by atoms with Crippen molar-refractivity contribution < 1.29 is 9.53 Å². The molecule has 2 rings (SSSR count). The van der Waals surface area contributed by atoms with Gasteiger partial charge in [0.25, 0.3) is 0 Å². The Hall–Kier alpha value is -0.970. The number of urea groups is 1. The lowest BCUT2D eigenvalue weighted by Crippen LogP contribution is -2.46. The zero-order valence-electron chi connectivity index (χ0n) is 12.8. The molecule has 0 saturated carbocycles. The van der Waals surface area contributed by atoms with Gasteiger partial charge in [0.15, 0.2) is 0 Å². The van der Waals surface area contributed by atoms with Gasteiger partial charge in [-0.15, -0.1) is 0 Å². The Bertz CT molecular complexity index is 505. The van der Waals surface area contributed by atoms with Gasteiger partial charge < -0.3 is 15.0 Å². The van der Waals surface area contributed by atoms with E-state index in [1.54, 1.807) is 11.0 Å². The summed E-state index contributed by atoms with van der Waals surface area (Å²) in [4.78, 5) is 13.9. The SMILES string of the molecule is CN(C(=O)NCCCc1ccc(Cl)c(Cl)c1)C1CCOCC1. The molecule has 0 aliphatic carbocycles. The first kappa shape index (κ1) is 17.4. The van der Waals surface area contributed by atoms with E-state index in [4.69, 9.17) is 27.9 Å². The average molecular weight is 345 g/mol. The monoisotopic (exact) mass is 344 g/mol. The molecule has 1 aliphatic rings. The van der Waals surface area contributed by atoms with Crippen molar-refractivity contribution in [3.8, 4) is 0 Å². The quantitative estimate of drug-likeness (QED) is 0.826. The molecule has 0 radical (unpaired) electrons. The molecule has 0 aromatic heterocycles. The number of amides is 2. The Morgan fingerprint density at radius 1 is 1.32 bits per heavy atom. The van der Waals surface area contributed by atoms with Gasteiger partial charge in [0, 0.05) is 32.8 Å². The topological polar surface area (TPSA) is 41.6 Å². The van der Waals surface area contributed by atoms with Crippen LogP contribution in [0, 0.1) is 0 Å². The van der Waals surface area contributed by atoms with Crippen molar-refractivity contribution in [1.29, 1.82) is 0 Å². The van der Waals surface area contributed by atoms with E-state index >= 15 is 0 Å². The number of aryl methyl sites for hydroxylation is 1. The van der Waals surface area contributed by atoms with Gasteiger partial charge >= 0.3 is 6.03 Å². The Balaban J connectivity index is 1.69. The summed E-state index contributed by atoms with van der Waals surface area (Å²) < 4.78 is 5.32. The summed E-state index contributed by atoms with van der Waals surface area (Å²) in [6.45, 7) is 2.12. The first-order chi connectivity index (χ1) is 10.6. The third-order valence-corrected chi connectivity index (χ3v) is 4.70. The zero-order valence-corrected chi connectivity index (χ0v) is 14.3. The maximum atomic E-state index is 12.1. The third-order valence-electron chi connectivity index (χ3n) is 3.96. The van der Waals surface area contributed by atoms with Crippen molar-refractivity contribution >= 4 is 29.2 Å². The molecule has 0 unspecified atom stereocenters. The van der Waals surface area contributed by atoms with Gasteiger partial charge in [-0.2, -0.15) is 0 Å². The highest BCUT2D eigenvalue weighted by atomic mass is 35.5. The predicted molar refractivity (Wildman–Crippen MR) is 89.8 cm³/mol. The number of ether oxygens (including phenoxy) is 1. The van der Waals surface area contributed by atoms with Crippen molar-refractivity contribution in [2.45, 2.75) is 31.7 Å². The second-order valence-electron chi connectivity index (χ2n) is 5.54. The van der Waals surface area contributed by atoms with E-state index in [9.17, 15) is 4.79 Å². The molecule has 1 heterocycles. The van der Waals surface area contributed by atoms with Gasteiger partial charge in [-0.25, -0.2) is 4.79 Å². The Labute approximate surface area is 141 Å². The van der Waals surface area contributed by atoms with Crippen LogP contribution in [0.25, 0.3) is 0 Å². The molecule has 1 fully saturated rings. The number of hydrogen-bond acceptors (Lipinski definition) is 2. The van der Waals surface area contributed by atoms with Crippen molar-refractivity contribution in [2.24, 2.45) is 0 Å². The molecular formula is C16H22Cl2N2O2. The van der Waals surface area contributed by atoms with E-state index in [1.807, 2.05) is 19.2 Å². The Morgan fingerprint density at radius 2 is 2.05 bits per heavy atom. The number of halogens is 2. The lowest BCUT2D eigenvalue weighted by atomic mass is 10.1. The van der Waals surface area contributed by atoms with Crippen molar-refractivity contribution in [3.05, 3.63) is 33.8 Å². The second kappa shape index (κ2) is 8.61. The highest BCUT2D eigenvalue weighted by Gasteiger charge is 2.21. The molecule has 2 amide bonds. The van der Waals surface area contributed by atoms with Crippen molar-refractivity contribution in [2.75, 3.05) is 26.8 Å². The summed E-state index contributed by atoms with van der Waals surface area (Å²) in [5.74, 6) is 0. The van der Waals surface area contributed by atoms with Crippen LogP contribution >= 0.6 is 23.2 Å². The highest BCUT2D eigenvalue weighted by molar-refractivity contribution is 6.42. The molecular weight excluding hydrogens is 323 g/mol. The van der Waals surface area contributed by atoms with Crippen molar-refractivity contribution in [3.63, 3.8) is 0 Å². The number of hydrogen-bond donors (Lipinski definition) is 1. The fourth-order valence-electron chi connectivity index (χ4n) is 2.55. The lowest BCUT2D eigenvalue weighted by Gasteiger charge is -2.31. The van der Waals surface area contributed by atoms with Crippen LogP contribution in [0.4, 0.5) is 4.79 Å². The van der Waals surface area contributed by atoms with E-state index in [0.717, 1.165) is 44.5 Å². The number of carbonyl (C=O) groups is 1. The van der Waals surface area contributed by atoms with Crippen LogP contribution in [0.2, 0.25) is 10.0 Å². The molecule has 4 nitrogen and oxygen atoms in total. The minimum absolute atomic E-state index is 0.0129. The summed E-state index contributed by atoms with van der Waals surface area (Å²) in [6.07, 6.45) is 3.55. The molecule has 6 heteroatoms. The predicted octanol–water partition coefficient (Wildman–Crippen LogP) is 3.75. The van der Waals surface area contributed by atoms with Crippen LogP contribution in [0.15, 0.2) is 18.2 Å². The fraction of sp³-hybridized carbons (Fsp3) is 0.562. The van der Waals surface area contributed by atoms with E-state index in [1.165, 1.54) is 0 Å². The largest absolute Gasteiger partial charge is 0.381 e. The van der Waals surface area contributed by atoms with Gasteiger partial charge in [-0.1, -0.05) is 29.3 Å².